The fraction of sp³-hybridized carbons (Fsp3) is 0.250. The van der Waals surface area contributed by atoms with E-state index in [-0.39, 0.29) is 12.2 Å². The van der Waals surface area contributed by atoms with Gasteiger partial charge in [-0.1, -0.05) is 48.3 Å². The van der Waals surface area contributed by atoms with Gasteiger partial charge in [0, 0.05) is 0 Å². The molecule has 2 aromatic carbocycles. The van der Waals surface area contributed by atoms with Gasteiger partial charge in [-0.25, -0.2) is 9.79 Å². The molecule has 0 amide bonds. The molecule has 0 fully saturated rings. The van der Waals surface area contributed by atoms with Crippen molar-refractivity contribution in [1.82, 2.24) is 4.57 Å². The van der Waals surface area contributed by atoms with Crippen LogP contribution >= 0.6 is 11.3 Å². The molecule has 0 spiro atoms. The van der Waals surface area contributed by atoms with E-state index in [9.17, 15) is 9.59 Å². The third-order valence-electron chi connectivity index (χ3n) is 5.57. The SMILES string of the molecule is C=CCOc1ccc([C@H]2C(C(=O)OCC)=C(C)N=c3s/c(=C\c4ccc(OCC)cc4)c(=O)n32)cc1. The molecular weight excluding hydrogens is 476 g/mol. The molecule has 0 aliphatic carbocycles. The minimum absolute atomic E-state index is 0.221. The molecule has 1 aliphatic rings. The van der Waals surface area contributed by atoms with Gasteiger partial charge in [0.2, 0.25) is 0 Å². The zero-order chi connectivity index (χ0) is 25.7. The molecule has 2 heterocycles. The first-order valence-corrected chi connectivity index (χ1v) is 12.5. The molecule has 1 aliphatic heterocycles. The zero-order valence-electron chi connectivity index (χ0n) is 20.5. The van der Waals surface area contributed by atoms with Crippen molar-refractivity contribution < 1.29 is 19.0 Å². The largest absolute Gasteiger partial charge is 0.494 e. The summed E-state index contributed by atoms with van der Waals surface area (Å²) in [6.07, 6.45) is 3.49. The molecule has 36 heavy (non-hydrogen) atoms. The molecule has 4 rings (SSSR count). The molecule has 0 unspecified atom stereocenters. The van der Waals surface area contributed by atoms with Gasteiger partial charge in [0.15, 0.2) is 4.80 Å². The molecule has 1 atom stereocenters. The minimum atomic E-state index is -0.670. The lowest BCUT2D eigenvalue weighted by molar-refractivity contribution is -0.139. The van der Waals surface area contributed by atoms with Gasteiger partial charge in [-0.05, 0) is 62.2 Å². The highest BCUT2D eigenvalue weighted by Crippen LogP contribution is 2.31. The maximum atomic E-state index is 13.7. The summed E-state index contributed by atoms with van der Waals surface area (Å²) in [7, 11) is 0. The van der Waals surface area contributed by atoms with Crippen molar-refractivity contribution in [2.75, 3.05) is 19.8 Å². The predicted octanol–water partition coefficient (Wildman–Crippen LogP) is 3.76. The molecule has 8 heteroatoms. The van der Waals surface area contributed by atoms with E-state index in [0.717, 1.165) is 16.9 Å². The maximum Gasteiger partial charge on any atom is 0.338 e. The van der Waals surface area contributed by atoms with Crippen molar-refractivity contribution >= 4 is 23.4 Å². The summed E-state index contributed by atoms with van der Waals surface area (Å²) in [5.41, 5.74) is 2.27. The topological polar surface area (TPSA) is 79.1 Å². The van der Waals surface area contributed by atoms with E-state index < -0.39 is 12.0 Å². The standard InChI is InChI=1S/C28H28N2O5S/c1-5-16-35-22-14-10-20(11-15-22)25-24(27(32)34-7-3)18(4)29-28-30(25)26(31)23(36-28)17-19-8-12-21(13-9-19)33-6-2/h5,8-15,17,25H,1,6-7,16H2,2-4H3/b23-17-/t25-/m0/s1. The third kappa shape index (κ3) is 5.18. The molecular formula is C28H28N2O5S. The summed E-state index contributed by atoms with van der Waals surface area (Å²) >= 11 is 1.29. The van der Waals surface area contributed by atoms with Crippen LogP contribution in [0.2, 0.25) is 0 Å². The molecule has 1 aromatic heterocycles. The molecule has 0 N–H and O–H groups in total. The van der Waals surface area contributed by atoms with E-state index >= 15 is 0 Å². The Balaban J connectivity index is 1.83. The highest BCUT2D eigenvalue weighted by molar-refractivity contribution is 7.07. The van der Waals surface area contributed by atoms with Crippen molar-refractivity contribution in [2.24, 2.45) is 4.99 Å². The number of hydrogen-bond acceptors (Lipinski definition) is 7. The molecule has 3 aromatic rings. The van der Waals surface area contributed by atoms with Crippen molar-refractivity contribution in [3.8, 4) is 11.5 Å². The molecule has 7 nitrogen and oxygen atoms in total. The van der Waals surface area contributed by atoms with E-state index in [4.69, 9.17) is 14.2 Å². The number of rotatable bonds is 9. The highest BCUT2D eigenvalue weighted by Gasteiger charge is 2.33. The monoisotopic (exact) mass is 504 g/mol. The van der Waals surface area contributed by atoms with Crippen molar-refractivity contribution in [3.05, 3.63) is 103 Å². The quantitative estimate of drug-likeness (QED) is 0.328. The number of ether oxygens (including phenoxy) is 3. The fourth-order valence-corrected chi connectivity index (χ4v) is 5.03. The number of fused-ring (bicyclic) bond motifs is 1. The van der Waals surface area contributed by atoms with Crippen LogP contribution in [0.3, 0.4) is 0 Å². The van der Waals surface area contributed by atoms with Gasteiger partial charge in [0.25, 0.3) is 5.56 Å². The number of aromatic nitrogens is 1. The lowest BCUT2D eigenvalue weighted by Crippen LogP contribution is -2.39. The van der Waals surface area contributed by atoms with Crippen molar-refractivity contribution in [1.29, 1.82) is 0 Å². The predicted molar refractivity (Wildman–Crippen MR) is 140 cm³/mol. The van der Waals surface area contributed by atoms with Crippen LogP contribution in [0.4, 0.5) is 0 Å². The average Bonchev–Trinajstić information content (AvgIpc) is 3.18. The Bertz CT molecular complexity index is 1460. The van der Waals surface area contributed by atoms with Crippen LogP contribution < -0.4 is 24.4 Å². The van der Waals surface area contributed by atoms with Crippen molar-refractivity contribution in [3.63, 3.8) is 0 Å². The second kappa shape index (κ2) is 11.2. The van der Waals surface area contributed by atoms with Crippen LogP contribution in [0.1, 0.15) is 37.9 Å². The number of allylic oxidation sites excluding steroid dienone is 1. The molecule has 0 saturated carbocycles. The summed E-state index contributed by atoms with van der Waals surface area (Å²) in [6.45, 7) is 10.3. The van der Waals surface area contributed by atoms with Crippen LogP contribution in [0, 0.1) is 0 Å². The first-order chi connectivity index (χ1) is 17.5. The number of thiazole rings is 1. The van der Waals surface area contributed by atoms with E-state index in [0.29, 0.717) is 39.6 Å². The number of esters is 1. The summed E-state index contributed by atoms with van der Waals surface area (Å²) in [6, 6.07) is 14.2. The van der Waals surface area contributed by atoms with E-state index in [2.05, 4.69) is 11.6 Å². The summed E-state index contributed by atoms with van der Waals surface area (Å²) in [5, 5.41) is 0. The summed E-state index contributed by atoms with van der Waals surface area (Å²) < 4.78 is 18.5. The fourth-order valence-electron chi connectivity index (χ4n) is 3.99. The molecule has 186 valence electrons. The van der Waals surface area contributed by atoms with Crippen LogP contribution in [0.5, 0.6) is 11.5 Å². The van der Waals surface area contributed by atoms with Crippen molar-refractivity contribution in [2.45, 2.75) is 26.8 Å². The Morgan fingerprint density at radius 3 is 2.36 bits per heavy atom. The van der Waals surface area contributed by atoms with Crippen LogP contribution in [0.15, 0.2) is 82.2 Å². The van der Waals surface area contributed by atoms with Gasteiger partial charge < -0.3 is 14.2 Å². The van der Waals surface area contributed by atoms with Gasteiger partial charge in [-0.3, -0.25) is 9.36 Å². The minimum Gasteiger partial charge on any atom is -0.494 e. The van der Waals surface area contributed by atoms with Gasteiger partial charge in [-0.15, -0.1) is 0 Å². The summed E-state index contributed by atoms with van der Waals surface area (Å²) in [5.74, 6) is 0.947. The van der Waals surface area contributed by atoms with E-state index in [1.807, 2.05) is 61.5 Å². The maximum absolute atomic E-state index is 13.7. The normalized spacial score (nSPS) is 15.2. The molecule has 0 saturated heterocycles. The number of hydrogen-bond donors (Lipinski definition) is 0. The first kappa shape index (κ1) is 25.2. The van der Waals surface area contributed by atoms with Crippen LogP contribution in [0.25, 0.3) is 6.08 Å². The highest BCUT2D eigenvalue weighted by atomic mass is 32.1. The lowest BCUT2D eigenvalue weighted by atomic mass is 9.96. The smallest absolute Gasteiger partial charge is 0.338 e. The zero-order valence-corrected chi connectivity index (χ0v) is 21.3. The second-order valence-corrected chi connectivity index (χ2v) is 8.98. The first-order valence-electron chi connectivity index (χ1n) is 11.7. The van der Waals surface area contributed by atoms with E-state index in [1.165, 1.54) is 11.3 Å². The van der Waals surface area contributed by atoms with Crippen LogP contribution in [-0.4, -0.2) is 30.4 Å². The Kier molecular flexibility index (Phi) is 7.85. The van der Waals surface area contributed by atoms with Gasteiger partial charge in [-0.2, -0.15) is 0 Å². The Morgan fingerprint density at radius 1 is 1.06 bits per heavy atom. The van der Waals surface area contributed by atoms with E-state index in [1.54, 1.807) is 24.5 Å². The third-order valence-corrected chi connectivity index (χ3v) is 6.55. The van der Waals surface area contributed by atoms with Gasteiger partial charge >= 0.3 is 5.97 Å². The second-order valence-electron chi connectivity index (χ2n) is 7.97. The Hall–Kier alpha value is -3.91. The average molecular weight is 505 g/mol. The lowest BCUT2D eigenvalue weighted by Gasteiger charge is -2.24. The Morgan fingerprint density at radius 2 is 1.72 bits per heavy atom. The number of carbonyl (C=O) groups is 1. The van der Waals surface area contributed by atoms with Crippen LogP contribution in [-0.2, 0) is 9.53 Å². The van der Waals surface area contributed by atoms with Gasteiger partial charge in [0.05, 0.1) is 35.1 Å². The number of benzene rings is 2. The summed E-state index contributed by atoms with van der Waals surface area (Å²) in [4.78, 5) is 31.8. The number of nitrogens with zero attached hydrogens (tertiary/aromatic N) is 2. The number of carbonyl (C=O) groups excluding carboxylic acids is 1. The molecule has 0 radical (unpaired) electrons. The van der Waals surface area contributed by atoms with Gasteiger partial charge in [0.1, 0.15) is 18.1 Å². The molecule has 0 bridgehead atoms. The Labute approximate surface area is 213 Å².